The molecule has 0 aromatic carbocycles. The van der Waals surface area contributed by atoms with Gasteiger partial charge in [0, 0.05) is 26.9 Å². The van der Waals surface area contributed by atoms with Gasteiger partial charge in [-0.25, -0.2) is 0 Å². The first-order valence-electron chi connectivity index (χ1n) is 4.70. The van der Waals surface area contributed by atoms with Crippen molar-refractivity contribution in [2.75, 3.05) is 32.1 Å². The first-order chi connectivity index (χ1) is 7.22. The summed E-state index contributed by atoms with van der Waals surface area (Å²) in [6.45, 7) is 1.54. The van der Waals surface area contributed by atoms with Gasteiger partial charge in [0.05, 0.1) is 25.0 Å². The van der Waals surface area contributed by atoms with Crippen molar-refractivity contribution in [2.45, 2.75) is 0 Å². The second kappa shape index (κ2) is 8.09. The molecule has 0 spiro atoms. The number of rotatable bonds is 6. The van der Waals surface area contributed by atoms with Gasteiger partial charge in [0.2, 0.25) is 5.91 Å². The van der Waals surface area contributed by atoms with E-state index in [2.05, 4.69) is 15.7 Å². The van der Waals surface area contributed by atoms with Crippen molar-refractivity contribution in [1.29, 1.82) is 0 Å². The van der Waals surface area contributed by atoms with E-state index in [-0.39, 0.29) is 24.9 Å². The van der Waals surface area contributed by atoms with Crippen molar-refractivity contribution in [3.8, 4) is 0 Å². The van der Waals surface area contributed by atoms with Gasteiger partial charge in [-0.15, -0.1) is 12.4 Å². The SMILES string of the molecule is COCCNCC(=O)Nc1cnn(C)c1.Cl. The van der Waals surface area contributed by atoms with Gasteiger partial charge in [-0.2, -0.15) is 5.10 Å². The average molecular weight is 249 g/mol. The fraction of sp³-hybridized carbons (Fsp3) is 0.556. The maximum absolute atomic E-state index is 11.3. The molecule has 0 fully saturated rings. The molecule has 1 rings (SSSR count). The van der Waals surface area contributed by atoms with Crippen molar-refractivity contribution >= 4 is 24.0 Å². The minimum atomic E-state index is -0.0842. The van der Waals surface area contributed by atoms with E-state index in [4.69, 9.17) is 4.74 Å². The van der Waals surface area contributed by atoms with Crippen molar-refractivity contribution in [1.82, 2.24) is 15.1 Å². The quantitative estimate of drug-likeness (QED) is 0.697. The number of ether oxygens (including phenoxy) is 1. The lowest BCUT2D eigenvalue weighted by Crippen LogP contribution is -2.30. The van der Waals surface area contributed by atoms with E-state index >= 15 is 0 Å². The maximum Gasteiger partial charge on any atom is 0.238 e. The van der Waals surface area contributed by atoms with Crippen LogP contribution in [0.5, 0.6) is 0 Å². The summed E-state index contributed by atoms with van der Waals surface area (Å²) < 4.78 is 6.47. The monoisotopic (exact) mass is 248 g/mol. The summed E-state index contributed by atoms with van der Waals surface area (Å²) in [6.07, 6.45) is 3.35. The highest BCUT2D eigenvalue weighted by Crippen LogP contribution is 2.01. The number of carbonyl (C=O) groups excluding carboxylic acids is 1. The molecule has 2 N–H and O–H groups in total. The molecule has 7 heteroatoms. The summed E-state index contributed by atoms with van der Waals surface area (Å²) in [7, 11) is 3.42. The number of nitrogens with one attached hydrogen (secondary N) is 2. The molecule has 0 atom stereocenters. The molecule has 0 aliphatic heterocycles. The number of hydrogen-bond donors (Lipinski definition) is 2. The summed E-state index contributed by atoms with van der Waals surface area (Å²) in [5.41, 5.74) is 0.705. The molecule has 92 valence electrons. The number of anilines is 1. The molecule has 0 aliphatic rings. The molecule has 1 aromatic rings. The van der Waals surface area contributed by atoms with Crippen LogP contribution < -0.4 is 10.6 Å². The van der Waals surface area contributed by atoms with Gasteiger partial charge in [0.1, 0.15) is 0 Å². The molecule has 1 heterocycles. The lowest BCUT2D eigenvalue weighted by atomic mass is 10.5. The van der Waals surface area contributed by atoms with Crippen molar-refractivity contribution in [3.05, 3.63) is 12.4 Å². The Bertz CT molecular complexity index is 316. The first-order valence-corrected chi connectivity index (χ1v) is 4.70. The number of hydrogen-bond acceptors (Lipinski definition) is 4. The number of aromatic nitrogens is 2. The lowest BCUT2D eigenvalue weighted by Gasteiger charge is -2.03. The Morgan fingerprint density at radius 2 is 2.38 bits per heavy atom. The van der Waals surface area contributed by atoms with E-state index in [0.29, 0.717) is 18.8 Å². The molecular formula is C9H17ClN4O2. The van der Waals surface area contributed by atoms with E-state index in [1.54, 1.807) is 31.2 Å². The second-order valence-corrected chi connectivity index (χ2v) is 3.12. The Balaban J connectivity index is 0.00000225. The van der Waals surface area contributed by atoms with Crippen LogP contribution in [-0.4, -0.2) is 42.5 Å². The van der Waals surface area contributed by atoms with Gasteiger partial charge in [-0.05, 0) is 0 Å². The third kappa shape index (κ3) is 5.69. The maximum atomic E-state index is 11.3. The fourth-order valence-corrected chi connectivity index (χ4v) is 1.07. The third-order valence-electron chi connectivity index (χ3n) is 1.76. The number of methoxy groups -OCH3 is 1. The largest absolute Gasteiger partial charge is 0.383 e. The third-order valence-corrected chi connectivity index (χ3v) is 1.76. The van der Waals surface area contributed by atoms with Crippen LogP contribution >= 0.6 is 12.4 Å². The van der Waals surface area contributed by atoms with Gasteiger partial charge < -0.3 is 15.4 Å². The molecule has 1 amide bonds. The van der Waals surface area contributed by atoms with Crippen molar-refractivity contribution in [3.63, 3.8) is 0 Å². The van der Waals surface area contributed by atoms with Crippen LogP contribution in [0, 0.1) is 0 Å². The molecule has 1 aromatic heterocycles. The standard InChI is InChI=1S/C9H16N4O2.ClH/c1-13-7-8(5-11-13)12-9(14)6-10-3-4-15-2;/h5,7,10H,3-4,6H2,1-2H3,(H,12,14);1H. The summed E-state index contributed by atoms with van der Waals surface area (Å²) >= 11 is 0. The van der Waals surface area contributed by atoms with Gasteiger partial charge in [0.25, 0.3) is 0 Å². The molecule has 0 saturated carbocycles. The van der Waals surface area contributed by atoms with Crippen LogP contribution in [0.4, 0.5) is 5.69 Å². The predicted octanol–water partition coefficient (Wildman–Crippen LogP) is 0.0164. The van der Waals surface area contributed by atoms with Crippen LogP contribution in [-0.2, 0) is 16.6 Å². The summed E-state index contributed by atoms with van der Waals surface area (Å²) in [5.74, 6) is -0.0842. The number of aryl methyl sites for hydroxylation is 1. The van der Waals surface area contributed by atoms with Gasteiger partial charge in [0.15, 0.2) is 0 Å². The molecule has 0 radical (unpaired) electrons. The highest BCUT2D eigenvalue weighted by atomic mass is 35.5. The molecular weight excluding hydrogens is 232 g/mol. The topological polar surface area (TPSA) is 68.2 Å². The van der Waals surface area contributed by atoms with Gasteiger partial charge in [-0.1, -0.05) is 0 Å². The molecule has 0 unspecified atom stereocenters. The lowest BCUT2D eigenvalue weighted by molar-refractivity contribution is -0.115. The number of nitrogens with zero attached hydrogens (tertiary/aromatic N) is 2. The zero-order valence-electron chi connectivity index (χ0n) is 9.40. The minimum absolute atomic E-state index is 0. The molecule has 16 heavy (non-hydrogen) atoms. The Kier molecular flexibility index (Phi) is 7.53. The van der Waals surface area contributed by atoms with E-state index in [0.717, 1.165) is 0 Å². The van der Waals surface area contributed by atoms with E-state index in [1.165, 1.54) is 0 Å². The van der Waals surface area contributed by atoms with Crippen LogP contribution in [0.15, 0.2) is 12.4 Å². The van der Waals surface area contributed by atoms with Crippen LogP contribution in [0.1, 0.15) is 0 Å². The highest BCUT2D eigenvalue weighted by Gasteiger charge is 2.02. The van der Waals surface area contributed by atoms with Gasteiger partial charge in [-0.3, -0.25) is 9.48 Å². The average Bonchev–Trinajstić information content (AvgIpc) is 2.59. The summed E-state index contributed by atoms with van der Waals surface area (Å²) in [6, 6.07) is 0. The minimum Gasteiger partial charge on any atom is -0.383 e. The van der Waals surface area contributed by atoms with Crippen LogP contribution in [0.2, 0.25) is 0 Å². The van der Waals surface area contributed by atoms with E-state index < -0.39 is 0 Å². The highest BCUT2D eigenvalue weighted by molar-refractivity contribution is 5.91. The summed E-state index contributed by atoms with van der Waals surface area (Å²) in [5, 5.41) is 9.60. The molecule has 0 saturated heterocycles. The normalized spacial score (nSPS) is 9.62. The first kappa shape index (κ1) is 14.9. The van der Waals surface area contributed by atoms with Crippen LogP contribution in [0.25, 0.3) is 0 Å². The van der Waals surface area contributed by atoms with Gasteiger partial charge >= 0.3 is 0 Å². The Labute approximate surface area is 101 Å². The fourth-order valence-electron chi connectivity index (χ4n) is 1.07. The smallest absolute Gasteiger partial charge is 0.238 e. The van der Waals surface area contributed by atoms with Crippen LogP contribution in [0.3, 0.4) is 0 Å². The number of halogens is 1. The molecule has 6 nitrogen and oxygen atoms in total. The van der Waals surface area contributed by atoms with Crippen molar-refractivity contribution in [2.24, 2.45) is 7.05 Å². The van der Waals surface area contributed by atoms with E-state index in [1.807, 2.05) is 0 Å². The predicted molar refractivity (Wildman–Crippen MR) is 63.8 cm³/mol. The number of carbonyl (C=O) groups is 1. The Morgan fingerprint density at radius 1 is 1.62 bits per heavy atom. The Morgan fingerprint density at radius 3 is 2.94 bits per heavy atom. The van der Waals surface area contributed by atoms with E-state index in [9.17, 15) is 4.79 Å². The zero-order chi connectivity index (χ0) is 11.1. The van der Waals surface area contributed by atoms with Crippen molar-refractivity contribution < 1.29 is 9.53 Å². The Hall–Kier alpha value is -1.11. The molecule has 0 bridgehead atoms. The summed E-state index contributed by atoms with van der Waals surface area (Å²) in [4.78, 5) is 11.3. The molecule has 0 aliphatic carbocycles. The number of amides is 1. The second-order valence-electron chi connectivity index (χ2n) is 3.12. The zero-order valence-corrected chi connectivity index (χ0v) is 10.2.